The zero-order chi connectivity index (χ0) is 16.3. The smallest absolute Gasteiger partial charge is 0.341 e. The lowest BCUT2D eigenvalue weighted by atomic mass is 10.1. The van der Waals surface area contributed by atoms with Gasteiger partial charge in [-0.3, -0.25) is 4.79 Å². The second-order valence-corrected chi connectivity index (χ2v) is 7.10. The molecule has 0 spiro atoms. The molecule has 122 valence electrons. The monoisotopic (exact) mass is 327 g/mol. The number of nitrogens with one attached hydrogen (secondary N) is 1. The van der Waals surface area contributed by atoms with Crippen molar-refractivity contribution in [1.82, 2.24) is 0 Å². The Balaban J connectivity index is 2.33. The van der Waals surface area contributed by atoms with Crippen LogP contribution in [0.3, 0.4) is 0 Å². The van der Waals surface area contributed by atoms with Crippen molar-refractivity contribution in [2.45, 2.75) is 39.4 Å². The summed E-state index contributed by atoms with van der Waals surface area (Å²) in [5.41, 5.74) is 0.770. The zero-order valence-electron chi connectivity index (χ0n) is 13.3. The topological polar surface area (TPSA) is 73.9 Å². The lowest BCUT2D eigenvalue weighted by Gasteiger charge is -2.21. The van der Waals surface area contributed by atoms with Gasteiger partial charge in [-0.15, -0.1) is 11.3 Å². The molecule has 0 atom stereocenters. The molecular formula is C15H21NO5S. The molecule has 0 unspecified atom stereocenters. The number of amides is 1. The third kappa shape index (κ3) is 4.06. The molecule has 0 fully saturated rings. The van der Waals surface area contributed by atoms with E-state index in [0.717, 1.165) is 10.4 Å². The first kappa shape index (κ1) is 16.9. The van der Waals surface area contributed by atoms with Crippen LogP contribution in [0.25, 0.3) is 0 Å². The van der Waals surface area contributed by atoms with E-state index in [4.69, 9.17) is 14.2 Å². The van der Waals surface area contributed by atoms with Crippen LogP contribution in [0.5, 0.6) is 0 Å². The third-order valence-corrected chi connectivity index (χ3v) is 4.07. The highest BCUT2D eigenvalue weighted by Crippen LogP contribution is 2.37. The molecule has 22 heavy (non-hydrogen) atoms. The molecule has 1 amide bonds. The molecule has 0 radical (unpaired) electrons. The predicted octanol–water partition coefficient (Wildman–Crippen LogP) is 2.36. The van der Waals surface area contributed by atoms with E-state index in [1.807, 2.05) is 20.8 Å². The average molecular weight is 327 g/mol. The summed E-state index contributed by atoms with van der Waals surface area (Å²) in [4.78, 5) is 25.2. The lowest BCUT2D eigenvalue weighted by Crippen LogP contribution is -2.26. The summed E-state index contributed by atoms with van der Waals surface area (Å²) in [6.07, 6.45) is 0.639. The highest BCUT2D eigenvalue weighted by Gasteiger charge is 2.29. The Morgan fingerprint density at radius 1 is 1.36 bits per heavy atom. The molecule has 2 rings (SSSR count). The molecule has 0 saturated carbocycles. The van der Waals surface area contributed by atoms with Gasteiger partial charge in [-0.2, -0.15) is 0 Å². The number of esters is 1. The minimum absolute atomic E-state index is 0.0627. The second-order valence-electron chi connectivity index (χ2n) is 5.99. The number of ether oxygens (including phenoxy) is 3. The Morgan fingerprint density at radius 3 is 2.73 bits per heavy atom. The standard InChI is InChI=1S/C15H21NO5S/c1-15(2,3)21-14(18)12-9-5-6-20-7-10(9)22-13(12)16-11(17)8-19-4/h5-8H2,1-4H3,(H,16,17). The van der Waals surface area contributed by atoms with Gasteiger partial charge in [-0.05, 0) is 32.8 Å². The molecule has 2 heterocycles. The van der Waals surface area contributed by atoms with Gasteiger partial charge < -0.3 is 19.5 Å². The van der Waals surface area contributed by atoms with Gasteiger partial charge in [0.1, 0.15) is 17.2 Å². The SMILES string of the molecule is COCC(=O)Nc1sc2c(c1C(=O)OC(C)(C)C)CCOC2. The summed E-state index contributed by atoms with van der Waals surface area (Å²) in [6, 6.07) is 0. The van der Waals surface area contributed by atoms with Crippen molar-refractivity contribution in [3.05, 3.63) is 16.0 Å². The van der Waals surface area contributed by atoms with Crippen molar-refractivity contribution in [1.29, 1.82) is 0 Å². The first-order valence-electron chi connectivity index (χ1n) is 7.06. The van der Waals surface area contributed by atoms with E-state index in [2.05, 4.69) is 5.32 Å². The van der Waals surface area contributed by atoms with Gasteiger partial charge in [-0.25, -0.2) is 4.79 Å². The number of thiophene rings is 1. The highest BCUT2D eigenvalue weighted by atomic mass is 32.1. The van der Waals surface area contributed by atoms with Crippen molar-refractivity contribution < 1.29 is 23.8 Å². The molecule has 1 aliphatic rings. The van der Waals surface area contributed by atoms with E-state index < -0.39 is 11.6 Å². The number of carbonyl (C=O) groups is 2. The van der Waals surface area contributed by atoms with Gasteiger partial charge in [-0.1, -0.05) is 0 Å². The average Bonchev–Trinajstić information content (AvgIpc) is 2.74. The van der Waals surface area contributed by atoms with Gasteiger partial charge in [0.05, 0.1) is 18.8 Å². The summed E-state index contributed by atoms with van der Waals surface area (Å²) in [6.45, 7) is 6.40. The Labute approximate surface area is 133 Å². The fourth-order valence-electron chi connectivity index (χ4n) is 2.16. The molecule has 0 bridgehead atoms. The number of methoxy groups -OCH3 is 1. The molecule has 7 heteroatoms. The number of hydrogen-bond donors (Lipinski definition) is 1. The Morgan fingerprint density at radius 2 is 2.09 bits per heavy atom. The van der Waals surface area contributed by atoms with E-state index in [9.17, 15) is 9.59 Å². The van der Waals surface area contributed by atoms with Crippen molar-refractivity contribution in [2.24, 2.45) is 0 Å². The number of carbonyl (C=O) groups excluding carboxylic acids is 2. The molecule has 1 aliphatic heterocycles. The largest absolute Gasteiger partial charge is 0.456 e. The van der Waals surface area contributed by atoms with Crippen LogP contribution >= 0.6 is 11.3 Å². The second kappa shape index (κ2) is 6.76. The van der Waals surface area contributed by atoms with Gasteiger partial charge in [0.25, 0.3) is 5.91 Å². The maximum atomic E-state index is 12.5. The number of anilines is 1. The summed E-state index contributed by atoms with van der Waals surface area (Å²) in [7, 11) is 1.45. The van der Waals surface area contributed by atoms with Gasteiger partial charge in [0.15, 0.2) is 0 Å². The maximum absolute atomic E-state index is 12.5. The van der Waals surface area contributed by atoms with Gasteiger partial charge in [0.2, 0.25) is 0 Å². The van der Waals surface area contributed by atoms with Crippen LogP contribution < -0.4 is 5.32 Å². The van der Waals surface area contributed by atoms with E-state index in [1.165, 1.54) is 18.4 Å². The summed E-state index contributed by atoms with van der Waals surface area (Å²) >= 11 is 1.36. The lowest BCUT2D eigenvalue weighted by molar-refractivity contribution is -0.119. The van der Waals surface area contributed by atoms with Crippen LogP contribution in [-0.4, -0.2) is 37.8 Å². The number of fused-ring (bicyclic) bond motifs is 1. The van der Waals surface area contributed by atoms with Crippen LogP contribution in [0.1, 0.15) is 41.6 Å². The van der Waals surface area contributed by atoms with Crippen molar-refractivity contribution in [2.75, 3.05) is 25.6 Å². The number of hydrogen-bond acceptors (Lipinski definition) is 6. The first-order chi connectivity index (χ1) is 10.3. The van der Waals surface area contributed by atoms with Crippen LogP contribution in [0, 0.1) is 0 Å². The molecule has 6 nitrogen and oxygen atoms in total. The van der Waals surface area contributed by atoms with Crippen molar-refractivity contribution in [3.8, 4) is 0 Å². The van der Waals surface area contributed by atoms with E-state index >= 15 is 0 Å². The fraction of sp³-hybridized carbons (Fsp3) is 0.600. The summed E-state index contributed by atoms with van der Waals surface area (Å²) in [5, 5.41) is 3.24. The predicted molar refractivity (Wildman–Crippen MR) is 83.4 cm³/mol. The molecule has 1 aromatic rings. The summed E-state index contributed by atoms with van der Waals surface area (Å²) < 4.78 is 15.7. The van der Waals surface area contributed by atoms with E-state index in [1.54, 1.807) is 0 Å². The molecule has 0 saturated heterocycles. The molecular weight excluding hydrogens is 306 g/mol. The molecule has 1 aromatic heterocycles. The Hall–Kier alpha value is -1.44. The highest BCUT2D eigenvalue weighted by molar-refractivity contribution is 7.17. The maximum Gasteiger partial charge on any atom is 0.341 e. The zero-order valence-corrected chi connectivity index (χ0v) is 14.1. The van der Waals surface area contributed by atoms with Gasteiger partial charge >= 0.3 is 5.97 Å². The van der Waals surface area contributed by atoms with Crippen LogP contribution in [-0.2, 0) is 32.0 Å². The Kier molecular flexibility index (Phi) is 5.20. The number of rotatable bonds is 4. The minimum Gasteiger partial charge on any atom is -0.456 e. The summed E-state index contributed by atoms with van der Waals surface area (Å²) in [5.74, 6) is -0.716. The minimum atomic E-state index is -0.592. The van der Waals surface area contributed by atoms with E-state index in [-0.39, 0.29) is 12.5 Å². The third-order valence-electron chi connectivity index (χ3n) is 2.95. The van der Waals surface area contributed by atoms with Crippen LogP contribution in [0.4, 0.5) is 5.00 Å². The van der Waals surface area contributed by atoms with Crippen LogP contribution in [0.2, 0.25) is 0 Å². The van der Waals surface area contributed by atoms with Crippen molar-refractivity contribution in [3.63, 3.8) is 0 Å². The van der Waals surface area contributed by atoms with Gasteiger partial charge in [0, 0.05) is 12.0 Å². The fourth-order valence-corrected chi connectivity index (χ4v) is 3.35. The molecule has 1 N–H and O–H groups in total. The van der Waals surface area contributed by atoms with E-state index in [0.29, 0.717) is 30.2 Å². The van der Waals surface area contributed by atoms with Crippen molar-refractivity contribution >= 4 is 28.2 Å². The molecule has 0 aromatic carbocycles. The first-order valence-corrected chi connectivity index (χ1v) is 7.88. The quantitative estimate of drug-likeness (QED) is 0.859. The normalized spacial score (nSPS) is 14.4. The Bertz CT molecular complexity index is 573. The van der Waals surface area contributed by atoms with Crippen LogP contribution in [0.15, 0.2) is 0 Å². The molecule has 0 aliphatic carbocycles.